The third-order valence-corrected chi connectivity index (χ3v) is 15.1. The van der Waals surface area contributed by atoms with Crippen molar-refractivity contribution in [3.63, 3.8) is 0 Å². The maximum absolute atomic E-state index is 13.3. The van der Waals surface area contributed by atoms with E-state index in [2.05, 4.69) is 55.6 Å². The van der Waals surface area contributed by atoms with Crippen molar-refractivity contribution in [2.45, 2.75) is 298 Å². The number of rotatable bonds is 44. The molecule has 0 aliphatic carbocycles. The molecular weight excluding hydrogens is 1020 g/mol. The first-order valence-electron chi connectivity index (χ1n) is 30.4. The summed E-state index contributed by atoms with van der Waals surface area (Å²) in [5.41, 5.74) is 0. The van der Waals surface area contributed by atoms with Gasteiger partial charge in [0, 0.05) is 6.42 Å². The van der Waals surface area contributed by atoms with Crippen LogP contribution in [0.25, 0.3) is 0 Å². The van der Waals surface area contributed by atoms with Crippen LogP contribution in [0.15, 0.2) is 48.6 Å². The number of carbonyl (C=O) groups is 1. The second-order valence-electron chi connectivity index (χ2n) is 21.8. The molecule has 0 aromatic heterocycles. The summed E-state index contributed by atoms with van der Waals surface area (Å²) in [4.78, 5) is 13.3. The quantitative estimate of drug-likeness (QED) is 0.0265. The Morgan fingerprint density at radius 1 is 0.443 bits per heavy atom. The second kappa shape index (κ2) is 43.4. The highest BCUT2D eigenvalue weighted by Crippen LogP contribution is 2.33. The van der Waals surface area contributed by atoms with Gasteiger partial charge in [0.1, 0.15) is 73.2 Å². The minimum absolute atomic E-state index is 0.221. The first-order chi connectivity index (χ1) is 38.3. The van der Waals surface area contributed by atoms with Gasteiger partial charge in [-0.15, -0.1) is 0 Å². The second-order valence-corrected chi connectivity index (χ2v) is 21.8. The molecule has 17 unspecified atom stereocenters. The topological polar surface area (TPSA) is 307 Å². The highest BCUT2D eigenvalue weighted by molar-refractivity contribution is 5.76. The molecule has 3 saturated heterocycles. The zero-order valence-electron chi connectivity index (χ0n) is 47.8. The maximum Gasteiger partial charge on any atom is 0.220 e. The van der Waals surface area contributed by atoms with Crippen LogP contribution in [0, 0.1) is 0 Å². The van der Waals surface area contributed by atoms with E-state index in [9.17, 15) is 61.0 Å². The van der Waals surface area contributed by atoms with E-state index in [1.165, 1.54) is 96.3 Å². The molecule has 3 fully saturated rings. The Morgan fingerprint density at radius 2 is 0.810 bits per heavy atom. The van der Waals surface area contributed by atoms with Gasteiger partial charge in [-0.05, 0) is 70.6 Å². The summed E-state index contributed by atoms with van der Waals surface area (Å²) in [6.07, 6.45) is 20.9. The minimum atomic E-state index is -1.98. The number of nitrogens with one attached hydrogen (secondary N) is 1. The van der Waals surface area contributed by atoms with E-state index in [0.29, 0.717) is 12.8 Å². The average molecular weight is 1130 g/mol. The number of hydrogen-bond donors (Lipinski definition) is 12. The lowest BCUT2D eigenvalue weighted by atomic mass is 9.96. The normalized spacial score (nSPS) is 30.6. The van der Waals surface area contributed by atoms with Crippen molar-refractivity contribution >= 4 is 5.91 Å². The molecule has 79 heavy (non-hydrogen) atoms. The highest BCUT2D eigenvalue weighted by atomic mass is 16.8. The fraction of sp³-hybridized carbons (Fsp3) is 0.850. The fourth-order valence-corrected chi connectivity index (χ4v) is 10.0. The van der Waals surface area contributed by atoms with Crippen molar-refractivity contribution in [2.75, 3.05) is 26.4 Å². The smallest absolute Gasteiger partial charge is 0.220 e. The molecule has 460 valence electrons. The van der Waals surface area contributed by atoms with Gasteiger partial charge in [-0.1, -0.05) is 165 Å². The Morgan fingerprint density at radius 3 is 1.27 bits per heavy atom. The van der Waals surface area contributed by atoms with E-state index in [1.807, 2.05) is 6.08 Å². The Bertz CT molecular complexity index is 1630. The number of ether oxygens (including phenoxy) is 6. The number of aliphatic hydroxyl groups is 11. The molecule has 17 atom stereocenters. The first kappa shape index (κ1) is 71.0. The van der Waals surface area contributed by atoms with Gasteiger partial charge in [0.2, 0.25) is 5.91 Å². The minimum Gasteiger partial charge on any atom is -0.394 e. The van der Waals surface area contributed by atoms with Crippen molar-refractivity contribution < 1.29 is 89.4 Å². The molecule has 3 rings (SSSR count). The fourth-order valence-electron chi connectivity index (χ4n) is 10.0. The van der Waals surface area contributed by atoms with Gasteiger partial charge in [-0.2, -0.15) is 0 Å². The maximum atomic E-state index is 13.3. The number of aliphatic hydroxyl groups excluding tert-OH is 11. The summed E-state index contributed by atoms with van der Waals surface area (Å²) in [5, 5.41) is 120. The first-order valence-corrected chi connectivity index (χ1v) is 30.4. The summed E-state index contributed by atoms with van der Waals surface area (Å²) in [7, 11) is 0. The lowest BCUT2D eigenvalue weighted by Crippen LogP contribution is -2.66. The van der Waals surface area contributed by atoms with Crippen LogP contribution in [0.4, 0.5) is 0 Å². The Balaban J connectivity index is 1.53. The highest BCUT2D eigenvalue weighted by Gasteiger charge is 2.53. The molecular formula is C60H107NO18. The summed E-state index contributed by atoms with van der Waals surface area (Å²) in [6, 6.07) is -1.000. The molecule has 0 bridgehead atoms. The van der Waals surface area contributed by atoms with Crippen molar-refractivity contribution in [1.29, 1.82) is 0 Å². The van der Waals surface area contributed by atoms with Crippen molar-refractivity contribution in [2.24, 2.45) is 0 Å². The summed E-state index contributed by atoms with van der Waals surface area (Å²) in [5.74, 6) is -0.300. The molecule has 19 nitrogen and oxygen atoms in total. The molecule has 3 heterocycles. The summed E-state index contributed by atoms with van der Waals surface area (Å²) in [6.45, 7) is 1.67. The van der Waals surface area contributed by atoms with Gasteiger partial charge < -0.3 is 89.9 Å². The van der Waals surface area contributed by atoms with Crippen LogP contribution in [-0.2, 0) is 33.2 Å². The van der Waals surface area contributed by atoms with Crippen LogP contribution in [0.2, 0.25) is 0 Å². The van der Waals surface area contributed by atoms with E-state index in [4.69, 9.17) is 28.4 Å². The van der Waals surface area contributed by atoms with Gasteiger partial charge >= 0.3 is 0 Å². The van der Waals surface area contributed by atoms with Gasteiger partial charge in [0.25, 0.3) is 0 Å². The molecule has 3 aliphatic heterocycles. The third-order valence-electron chi connectivity index (χ3n) is 15.1. The molecule has 0 spiro atoms. The van der Waals surface area contributed by atoms with Crippen LogP contribution in [0.1, 0.15) is 194 Å². The number of unbranched alkanes of at least 4 members (excludes halogenated alkanes) is 22. The summed E-state index contributed by atoms with van der Waals surface area (Å²) < 4.78 is 34.2. The van der Waals surface area contributed by atoms with Gasteiger partial charge in [0.05, 0.1) is 38.6 Å². The predicted octanol–water partition coefficient (Wildman–Crippen LogP) is 5.48. The van der Waals surface area contributed by atoms with E-state index in [1.54, 1.807) is 6.08 Å². The van der Waals surface area contributed by atoms with Crippen molar-refractivity contribution in [1.82, 2.24) is 5.32 Å². The number of hydrogen-bond acceptors (Lipinski definition) is 18. The van der Waals surface area contributed by atoms with Crippen LogP contribution in [-0.4, -0.2) is 193 Å². The Hall–Kier alpha value is -2.25. The average Bonchev–Trinajstić information content (AvgIpc) is 3.47. The van der Waals surface area contributed by atoms with Gasteiger partial charge in [0.15, 0.2) is 18.9 Å². The third kappa shape index (κ3) is 27.3. The van der Waals surface area contributed by atoms with E-state index < -0.39 is 124 Å². The molecule has 0 aromatic rings. The predicted molar refractivity (Wildman–Crippen MR) is 300 cm³/mol. The standard InChI is InChI=1S/C60H107NO18/c1-3-5-7-9-11-13-15-17-19-20-21-22-24-25-27-29-31-33-35-37-44(65)43(61-48(66)38-36-34-32-30-28-26-23-18-16-14-12-10-8-6-4-2)42-74-58-54(72)51(69)56(46(40-63)76-58)79-60-55(73)52(70)57(47(41-64)77-60)78-59-53(71)50(68)49(67)45(39-62)75-59/h18,21-23,27,29,35,37,43-47,49-60,62-65,67-73H,3-17,19-20,24-26,28,30-34,36,38-42H2,1-2H3,(H,61,66)/b22-21+,23-18-,29-27+,37-35+. The zero-order chi connectivity index (χ0) is 57.6. The van der Waals surface area contributed by atoms with Crippen LogP contribution in [0.3, 0.4) is 0 Å². The molecule has 0 aromatic carbocycles. The van der Waals surface area contributed by atoms with Gasteiger partial charge in [-0.25, -0.2) is 0 Å². The zero-order valence-corrected chi connectivity index (χ0v) is 47.8. The van der Waals surface area contributed by atoms with E-state index in [-0.39, 0.29) is 18.9 Å². The Labute approximate surface area is 472 Å². The van der Waals surface area contributed by atoms with E-state index in [0.717, 1.165) is 64.2 Å². The van der Waals surface area contributed by atoms with Crippen molar-refractivity contribution in [3.8, 4) is 0 Å². The monoisotopic (exact) mass is 1130 g/mol. The van der Waals surface area contributed by atoms with E-state index >= 15 is 0 Å². The van der Waals surface area contributed by atoms with Crippen molar-refractivity contribution in [3.05, 3.63) is 48.6 Å². The molecule has 19 heteroatoms. The lowest BCUT2D eigenvalue weighted by molar-refractivity contribution is -0.379. The molecule has 12 N–H and O–H groups in total. The number of amides is 1. The number of carbonyl (C=O) groups excluding carboxylic acids is 1. The molecule has 0 radical (unpaired) electrons. The van der Waals surface area contributed by atoms with Gasteiger partial charge in [-0.3, -0.25) is 4.79 Å². The number of allylic oxidation sites excluding steroid dienone is 7. The van der Waals surface area contributed by atoms with Crippen LogP contribution >= 0.6 is 0 Å². The summed E-state index contributed by atoms with van der Waals surface area (Å²) >= 11 is 0. The molecule has 1 amide bonds. The van der Waals surface area contributed by atoms with Crippen LogP contribution < -0.4 is 5.32 Å². The molecule has 3 aliphatic rings. The van der Waals surface area contributed by atoms with Crippen LogP contribution in [0.5, 0.6) is 0 Å². The molecule has 0 saturated carbocycles. The largest absolute Gasteiger partial charge is 0.394 e. The lowest BCUT2D eigenvalue weighted by Gasteiger charge is -2.48. The SMILES string of the molecule is CCCCCCCC/C=C\CCCCCCCC(=O)NC(COC1OC(CO)C(OC2OC(CO)C(OC3OC(CO)C(O)C(O)C3O)C(O)C2O)C(O)C1O)C(O)/C=C/CC/C=C/CC/C=C/CCCCCCCCCCC. The Kier molecular flexibility index (Phi) is 39.0.